The van der Waals surface area contributed by atoms with Crippen LogP contribution >= 0.6 is 15.9 Å². The summed E-state index contributed by atoms with van der Waals surface area (Å²) in [6.45, 7) is 2.05. The van der Waals surface area contributed by atoms with Crippen LogP contribution in [0.1, 0.15) is 25.5 Å². The second-order valence-electron chi connectivity index (χ2n) is 3.98. The summed E-state index contributed by atoms with van der Waals surface area (Å²) in [6, 6.07) is 1.87. The summed E-state index contributed by atoms with van der Waals surface area (Å²) in [5.74, 6) is 1.03. The van der Waals surface area contributed by atoms with Crippen LogP contribution in [0.2, 0.25) is 0 Å². The van der Waals surface area contributed by atoms with Gasteiger partial charge in [0, 0.05) is 18.4 Å². The van der Waals surface area contributed by atoms with E-state index in [1.54, 1.807) is 6.26 Å². The number of halogens is 1. The van der Waals surface area contributed by atoms with E-state index in [1.165, 1.54) is 0 Å². The molecule has 1 N–H and O–H groups in total. The van der Waals surface area contributed by atoms with Crippen molar-refractivity contribution in [1.29, 1.82) is 0 Å². The van der Waals surface area contributed by atoms with E-state index in [2.05, 4.69) is 21.2 Å². The minimum Gasteiger partial charge on any atom is -0.468 e. The third-order valence-electron chi connectivity index (χ3n) is 2.59. The molecule has 1 aromatic rings. The van der Waals surface area contributed by atoms with Crippen LogP contribution in [0.3, 0.4) is 0 Å². The Labute approximate surface area is 91.0 Å². The van der Waals surface area contributed by atoms with E-state index in [0.29, 0.717) is 6.42 Å². The fourth-order valence-electron chi connectivity index (χ4n) is 1.79. The highest BCUT2D eigenvalue weighted by Gasteiger charge is 2.34. The number of rotatable bonds is 2. The van der Waals surface area contributed by atoms with Crippen molar-refractivity contribution >= 4 is 21.8 Å². The van der Waals surface area contributed by atoms with Crippen molar-refractivity contribution in [2.45, 2.75) is 31.7 Å². The summed E-state index contributed by atoms with van der Waals surface area (Å²) >= 11 is 3.41. The summed E-state index contributed by atoms with van der Waals surface area (Å²) < 4.78 is 6.30. The lowest BCUT2D eigenvalue weighted by molar-refractivity contribution is -0.119. The topological polar surface area (TPSA) is 42.2 Å². The molecule has 0 spiro atoms. The van der Waals surface area contributed by atoms with Crippen molar-refractivity contribution in [3.63, 3.8) is 0 Å². The molecule has 0 bridgehead atoms. The lowest BCUT2D eigenvalue weighted by Gasteiger charge is -2.22. The Balaban J connectivity index is 2.11. The van der Waals surface area contributed by atoms with Gasteiger partial charge < -0.3 is 9.73 Å². The molecule has 1 aromatic heterocycles. The summed E-state index contributed by atoms with van der Waals surface area (Å²) in [4.78, 5) is 11.1. The zero-order valence-corrected chi connectivity index (χ0v) is 9.56. The minimum atomic E-state index is -0.141. The molecule has 0 saturated carbocycles. The first kappa shape index (κ1) is 9.77. The monoisotopic (exact) mass is 257 g/mol. The first-order chi connectivity index (χ1) is 6.59. The van der Waals surface area contributed by atoms with Gasteiger partial charge in [0.25, 0.3) is 0 Å². The first-order valence-electron chi connectivity index (χ1n) is 4.62. The van der Waals surface area contributed by atoms with E-state index >= 15 is 0 Å². The molecule has 4 heteroatoms. The third kappa shape index (κ3) is 1.85. The maximum atomic E-state index is 11.1. The maximum absolute atomic E-state index is 11.1. The summed E-state index contributed by atoms with van der Waals surface area (Å²) in [6.07, 6.45) is 3.89. The molecule has 0 radical (unpaired) electrons. The Hall–Kier alpha value is -0.770. The summed E-state index contributed by atoms with van der Waals surface area (Å²) in [5.41, 5.74) is -0.141. The number of amides is 1. The van der Waals surface area contributed by atoms with E-state index in [9.17, 15) is 4.79 Å². The van der Waals surface area contributed by atoms with Gasteiger partial charge in [-0.05, 0) is 35.3 Å². The van der Waals surface area contributed by atoms with E-state index in [0.717, 1.165) is 23.1 Å². The highest BCUT2D eigenvalue weighted by molar-refractivity contribution is 9.10. The molecule has 1 aliphatic heterocycles. The van der Waals surface area contributed by atoms with Crippen molar-refractivity contribution in [2.75, 3.05) is 0 Å². The summed E-state index contributed by atoms with van der Waals surface area (Å²) in [7, 11) is 0. The van der Waals surface area contributed by atoms with E-state index in [-0.39, 0.29) is 11.4 Å². The predicted molar refractivity (Wildman–Crippen MR) is 55.9 cm³/mol. The van der Waals surface area contributed by atoms with Gasteiger partial charge in [-0.3, -0.25) is 4.79 Å². The van der Waals surface area contributed by atoms with Gasteiger partial charge in [-0.1, -0.05) is 0 Å². The van der Waals surface area contributed by atoms with Gasteiger partial charge in [0.05, 0.1) is 10.7 Å². The van der Waals surface area contributed by atoms with Crippen LogP contribution in [0.15, 0.2) is 21.2 Å². The van der Waals surface area contributed by atoms with Crippen LogP contribution < -0.4 is 5.32 Å². The van der Waals surface area contributed by atoms with Crippen molar-refractivity contribution in [3.8, 4) is 0 Å². The number of furan rings is 1. The lowest BCUT2D eigenvalue weighted by atomic mass is 9.95. The van der Waals surface area contributed by atoms with Crippen molar-refractivity contribution in [1.82, 2.24) is 5.32 Å². The molecule has 0 aliphatic carbocycles. The smallest absolute Gasteiger partial charge is 0.220 e. The molecule has 1 amide bonds. The first-order valence-corrected chi connectivity index (χ1v) is 5.41. The van der Waals surface area contributed by atoms with Gasteiger partial charge in [-0.25, -0.2) is 0 Å². The number of carbonyl (C=O) groups is 1. The van der Waals surface area contributed by atoms with Crippen LogP contribution in [0.4, 0.5) is 0 Å². The van der Waals surface area contributed by atoms with Crippen LogP contribution in [0.5, 0.6) is 0 Å². The van der Waals surface area contributed by atoms with Crippen molar-refractivity contribution in [2.24, 2.45) is 0 Å². The molecule has 1 aliphatic rings. The van der Waals surface area contributed by atoms with Crippen molar-refractivity contribution < 1.29 is 9.21 Å². The highest BCUT2D eigenvalue weighted by atomic mass is 79.9. The zero-order chi connectivity index (χ0) is 10.2. The number of hydrogen-bond donors (Lipinski definition) is 1. The minimum absolute atomic E-state index is 0.134. The predicted octanol–water partition coefficient (Wildman–Crippen LogP) is 2.25. The standard InChI is InChI=1S/C10H12BrNO2/c1-10(4-2-9(13)12-10)6-8-7(11)3-5-14-8/h3,5H,2,4,6H2,1H3,(H,12,13). The normalized spacial score (nSPS) is 26.6. The summed E-state index contributed by atoms with van der Waals surface area (Å²) in [5, 5.41) is 2.98. The molecular formula is C10H12BrNO2. The lowest BCUT2D eigenvalue weighted by Crippen LogP contribution is -2.40. The van der Waals surface area contributed by atoms with Crippen LogP contribution in [0, 0.1) is 0 Å². The molecular weight excluding hydrogens is 246 g/mol. The Morgan fingerprint density at radius 1 is 1.71 bits per heavy atom. The Morgan fingerprint density at radius 3 is 3.00 bits per heavy atom. The van der Waals surface area contributed by atoms with Gasteiger partial charge >= 0.3 is 0 Å². The maximum Gasteiger partial charge on any atom is 0.220 e. The van der Waals surface area contributed by atoms with E-state index in [1.807, 2.05) is 13.0 Å². The van der Waals surface area contributed by atoms with Gasteiger partial charge in [-0.2, -0.15) is 0 Å². The number of hydrogen-bond acceptors (Lipinski definition) is 2. The van der Waals surface area contributed by atoms with E-state index in [4.69, 9.17) is 4.42 Å². The average molecular weight is 258 g/mol. The fourth-order valence-corrected chi connectivity index (χ4v) is 2.13. The molecule has 2 heterocycles. The van der Waals surface area contributed by atoms with Crippen molar-refractivity contribution in [3.05, 3.63) is 22.6 Å². The Kier molecular flexibility index (Phi) is 2.39. The molecule has 0 aromatic carbocycles. The SMILES string of the molecule is CC1(Cc2occc2Br)CCC(=O)N1. The molecule has 14 heavy (non-hydrogen) atoms. The Morgan fingerprint density at radius 2 is 2.50 bits per heavy atom. The Bertz CT molecular complexity index is 361. The van der Waals surface area contributed by atoms with Gasteiger partial charge in [0.1, 0.15) is 5.76 Å². The van der Waals surface area contributed by atoms with Gasteiger partial charge in [0.2, 0.25) is 5.91 Å². The zero-order valence-electron chi connectivity index (χ0n) is 7.97. The molecule has 76 valence electrons. The van der Waals surface area contributed by atoms with E-state index < -0.39 is 0 Å². The second-order valence-corrected chi connectivity index (χ2v) is 4.83. The van der Waals surface area contributed by atoms with Crippen LogP contribution in [-0.4, -0.2) is 11.4 Å². The molecule has 2 rings (SSSR count). The number of carbonyl (C=O) groups excluding carboxylic acids is 1. The average Bonchev–Trinajstić information content (AvgIpc) is 2.62. The van der Waals surface area contributed by atoms with Gasteiger partial charge in [-0.15, -0.1) is 0 Å². The number of nitrogens with one attached hydrogen (secondary N) is 1. The molecule has 1 saturated heterocycles. The van der Waals surface area contributed by atoms with Crippen LogP contribution in [-0.2, 0) is 11.2 Å². The fraction of sp³-hybridized carbons (Fsp3) is 0.500. The highest BCUT2D eigenvalue weighted by Crippen LogP contribution is 2.28. The van der Waals surface area contributed by atoms with Gasteiger partial charge in [0.15, 0.2) is 0 Å². The van der Waals surface area contributed by atoms with Crippen LogP contribution in [0.25, 0.3) is 0 Å². The molecule has 3 nitrogen and oxygen atoms in total. The largest absolute Gasteiger partial charge is 0.468 e. The second kappa shape index (κ2) is 3.42. The molecule has 1 fully saturated rings. The molecule has 1 unspecified atom stereocenters. The third-order valence-corrected chi connectivity index (χ3v) is 3.29. The quantitative estimate of drug-likeness (QED) is 0.884. The molecule has 1 atom stereocenters.